The number of ether oxygens (including phenoxy) is 3. The van der Waals surface area contributed by atoms with Crippen LogP contribution in [0.1, 0.15) is 26.7 Å². The molecule has 120 valence electrons. The molecule has 0 radical (unpaired) electrons. The number of nitrogens with one attached hydrogen (secondary N) is 1. The maximum atomic E-state index is 11.0. The van der Waals surface area contributed by atoms with Gasteiger partial charge in [0.15, 0.2) is 0 Å². The van der Waals surface area contributed by atoms with Crippen molar-refractivity contribution in [1.29, 1.82) is 5.31 Å². The predicted octanol–water partition coefficient (Wildman–Crippen LogP) is 0.712. The molecular weight excluding hydrogens is 277 g/mol. The van der Waals surface area contributed by atoms with Gasteiger partial charge in [-0.15, -0.1) is 0 Å². The summed E-state index contributed by atoms with van der Waals surface area (Å²) in [5.74, 6) is -0.207. The molecule has 0 aromatic carbocycles. The van der Waals surface area contributed by atoms with E-state index in [1.165, 1.54) is 7.11 Å². The Hall–Kier alpha value is -0.985. The van der Waals surface area contributed by atoms with Gasteiger partial charge in [-0.3, -0.25) is 0 Å². The Bertz CT molecular complexity index is 343. The molecule has 21 heavy (non-hydrogen) atoms. The van der Waals surface area contributed by atoms with E-state index in [4.69, 9.17) is 19.4 Å². The first-order chi connectivity index (χ1) is 10.0. The third-order valence-electron chi connectivity index (χ3n) is 3.92. The molecule has 1 rings (SSSR count). The Morgan fingerprint density at radius 1 is 1.38 bits per heavy atom. The molecule has 1 aliphatic rings. The maximum absolute atomic E-state index is 11.0. The Labute approximate surface area is 125 Å². The van der Waals surface area contributed by atoms with E-state index >= 15 is 0 Å². The number of aliphatic hydroxyl groups is 1. The summed E-state index contributed by atoms with van der Waals surface area (Å²) in [6.45, 7) is 4.46. The van der Waals surface area contributed by atoms with Gasteiger partial charge in [-0.2, -0.15) is 0 Å². The van der Waals surface area contributed by atoms with E-state index < -0.39 is 12.4 Å². The molecule has 1 heterocycles. The van der Waals surface area contributed by atoms with Crippen LogP contribution in [-0.4, -0.2) is 57.2 Å². The monoisotopic (exact) mass is 301 g/mol. The van der Waals surface area contributed by atoms with Crippen molar-refractivity contribution in [2.24, 2.45) is 11.8 Å². The molecular formula is C13H24BNO6. The van der Waals surface area contributed by atoms with E-state index in [1.54, 1.807) is 0 Å². The summed E-state index contributed by atoms with van der Waals surface area (Å²) >= 11 is 0. The summed E-state index contributed by atoms with van der Waals surface area (Å²) in [6, 6.07) is 0. The zero-order chi connectivity index (χ0) is 15.8. The summed E-state index contributed by atoms with van der Waals surface area (Å²) < 4.78 is 20.7. The van der Waals surface area contributed by atoms with Crippen LogP contribution in [-0.2, 0) is 23.7 Å². The molecule has 0 bridgehead atoms. The van der Waals surface area contributed by atoms with E-state index in [0.717, 1.165) is 7.27 Å². The first-order valence-electron chi connectivity index (χ1n) is 7.13. The number of rotatable bonds is 8. The molecule has 0 aliphatic carbocycles. The van der Waals surface area contributed by atoms with Crippen molar-refractivity contribution < 1.29 is 28.8 Å². The first kappa shape index (κ1) is 18.1. The van der Waals surface area contributed by atoms with E-state index in [9.17, 15) is 9.90 Å². The van der Waals surface area contributed by atoms with Crippen molar-refractivity contribution in [2.45, 2.75) is 45.2 Å². The van der Waals surface area contributed by atoms with Crippen LogP contribution < -0.4 is 0 Å². The second-order valence-electron chi connectivity index (χ2n) is 5.25. The molecule has 0 amide bonds. The summed E-state index contributed by atoms with van der Waals surface area (Å²) in [5, 5.41) is 17.1. The van der Waals surface area contributed by atoms with E-state index in [1.807, 2.05) is 13.8 Å². The van der Waals surface area contributed by atoms with Gasteiger partial charge in [0.05, 0.1) is 0 Å². The van der Waals surface area contributed by atoms with Crippen molar-refractivity contribution >= 4 is 13.2 Å². The Morgan fingerprint density at radius 3 is 2.71 bits per heavy atom. The van der Waals surface area contributed by atoms with Gasteiger partial charge in [-0.05, 0) is 0 Å². The average molecular weight is 301 g/mol. The summed E-state index contributed by atoms with van der Waals surface area (Å²) in [6.07, 6.45) is -0.936. The van der Waals surface area contributed by atoms with Gasteiger partial charge < -0.3 is 0 Å². The van der Waals surface area contributed by atoms with Crippen LogP contribution >= 0.6 is 0 Å². The molecule has 5 atom stereocenters. The minimum atomic E-state index is -0.742. The third kappa shape index (κ3) is 5.37. The van der Waals surface area contributed by atoms with E-state index in [0.29, 0.717) is 13.0 Å². The van der Waals surface area contributed by atoms with Crippen LogP contribution in [0.2, 0.25) is 0 Å². The molecule has 8 heteroatoms. The third-order valence-corrected chi connectivity index (χ3v) is 3.92. The van der Waals surface area contributed by atoms with Crippen molar-refractivity contribution in [3.05, 3.63) is 0 Å². The molecule has 2 unspecified atom stereocenters. The summed E-state index contributed by atoms with van der Waals surface area (Å²) in [7, 11) is 2.21. The number of hydrogen-bond acceptors (Lipinski definition) is 7. The van der Waals surface area contributed by atoms with Crippen molar-refractivity contribution in [3.63, 3.8) is 0 Å². The Kier molecular flexibility index (Phi) is 7.84. The van der Waals surface area contributed by atoms with Crippen LogP contribution in [0.15, 0.2) is 0 Å². The molecule has 1 aliphatic heterocycles. The number of hydrogen-bond donors (Lipinski definition) is 2. The van der Waals surface area contributed by atoms with Crippen molar-refractivity contribution in [1.82, 2.24) is 0 Å². The van der Waals surface area contributed by atoms with Crippen molar-refractivity contribution in [3.8, 4) is 0 Å². The fraction of sp³-hybridized carbons (Fsp3) is 0.923. The number of esters is 1. The number of methoxy groups -OCH3 is 1. The molecule has 7 nitrogen and oxygen atoms in total. The predicted molar refractivity (Wildman–Crippen MR) is 74.6 cm³/mol. The molecule has 0 aromatic rings. The van der Waals surface area contributed by atoms with Gasteiger partial charge in [0, 0.05) is 0 Å². The van der Waals surface area contributed by atoms with Crippen LogP contribution in [0.3, 0.4) is 0 Å². The average Bonchev–Trinajstić information content (AvgIpc) is 2.49. The first-order valence-corrected chi connectivity index (χ1v) is 7.13. The normalized spacial score (nSPS) is 32.3. The van der Waals surface area contributed by atoms with Gasteiger partial charge in [0.25, 0.3) is 0 Å². The second kappa shape index (κ2) is 9.12. The Balaban J connectivity index is 2.44. The molecule has 1 saturated heterocycles. The topological polar surface area (TPSA) is 98.1 Å². The standard InChI is InChI=1S/C13H24BNO6/c1-8-9(2)12(17)13(21-10(8)7-20-14-15)19-6-4-5-11(16)18-3/h8-10,12-13,15,17H,4-7H2,1-3H3/t8-,9-,10?,12?,13+/m0/s1. The second-order valence-corrected chi connectivity index (χ2v) is 5.25. The number of aliphatic hydroxyl groups excluding tert-OH is 1. The van der Waals surface area contributed by atoms with Crippen LogP contribution in [0.25, 0.3) is 0 Å². The summed E-state index contributed by atoms with van der Waals surface area (Å²) in [4.78, 5) is 11.0. The van der Waals surface area contributed by atoms with Crippen LogP contribution in [0, 0.1) is 17.1 Å². The molecule has 0 aromatic heterocycles. The fourth-order valence-electron chi connectivity index (χ4n) is 2.26. The van der Waals surface area contributed by atoms with Gasteiger partial charge in [-0.1, -0.05) is 0 Å². The van der Waals surface area contributed by atoms with Gasteiger partial charge in [0.2, 0.25) is 0 Å². The number of carbonyl (C=O) groups is 1. The van der Waals surface area contributed by atoms with Gasteiger partial charge in [-0.25, -0.2) is 0 Å². The van der Waals surface area contributed by atoms with Gasteiger partial charge >= 0.3 is 125 Å². The fourth-order valence-corrected chi connectivity index (χ4v) is 2.26. The van der Waals surface area contributed by atoms with Crippen LogP contribution in [0.5, 0.6) is 0 Å². The molecule has 0 spiro atoms. The SMILES string of the molecule is COC(=O)CCCO[C@@H]1OC(COB=N)[C@@H](C)[C@H](C)C1O. The quantitative estimate of drug-likeness (QED) is 0.389. The molecule has 2 N–H and O–H groups in total. The zero-order valence-electron chi connectivity index (χ0n) is 12.8. The van der Waals surface area contributed by atoms with Crippen LogP contribution in [0.4, 0.5) is 0 Å². The summed E-state index contributed by atoms with van der Waals surface area (Å²) in [5.41, 5.74) is 0. The molecule has 0 saturated carbocycles. The Morgan fingerprint density at radius 2 is 2.10 bits per heavy atom. The van der Waals surface area contributed by atoms with E-state index in [-0.39, 0.29) is 36.9 Å². The molecule has 1 fully saturated rings. The zero-order valence-corrected chi connectivity index (χ0v) is 12.8. The van der Waals surface area contributed by atoms with Crippen molar-refractivity contribution in [2.75, 3.05) is 20.3 Å². The van der Waals surface area contributed by atoms with E-state index in [2.05, 4.69) is 4.74 Å². The number of carbonyl (C=O) groups excluding carboxylic acids is 1. The van der Waals surface area contributed by atoms with Gasteiger partial charge in [0.1, 0.15) is 0 Å². The minimum absolute atomic E-state index is 0.0105.